The number of non-ortho nitro benzene ring substituents is 1. The smallest absolute Gasteiger partial charge is 0.314 e. The highest BCUT2D eigenvalue weighted by Crippen LogP contribution is 2.18. The first-order valence-electron chi connectivity index (χ1n) is 8.85. The van der Waals surface area contributed by atoms with Crippen molar-refractivity contribution in [1.29, 1.82) is 0 Å². The van der Waals surface area contributed by atoms with Crippen molar-refractivity contribution in [3.63, 3.8) is 0 Å². The summed E-state index contributed by atoms with van der Waals surface area (Å²) in [6, 6.07) is 15.2. The highest BCUT2D eigenvalue weighted by molar-refractivity contribution is 5.89. The van der Waals surface area contributed by atoms with Gasteiger partial charge in [-0.3, -0.25) is 14.9 Å². The highest BCUT2D eigenvalue weighted by Gasteiger charge is 2.18. The fourth-order valence-electron chi connectivity index (χ4n) is 2.49. The Bertz CT molecular complexity index is 777. The van der Waals surface area contributed by atoms with Gasteiger partial charge in [-0.15, -0.1) is 5.16 Å². The Morgan fingerprint density at radius 1 is 1.14 bits per heavy atom. The second-order valence-electron chi connectivity index (χ2n) is 6.06. The van der Waals surface area contributed by atoms with E-state index in [-0.39, 0.29) is 12.3 Å². The highest BCUT2D eigenvalue weighted by atomic mass is 16.6. The number of nitro groups is 1. The van der Waals surface area contributed by atoms with Crippen LogP contribution in [-0.4, -0.2) is 28.9 Å². The topological polar surface area (TPSA) is 111 Å². The molecule has 0 amide bonds. The predicted octanol–water partition coefficient (Wildman–Crippen LogP) is 3.96. The van der Waals surface area contributed by atoms with E-state index in [9.17, 15) is 14.9 Å². The number of rotatable bonds is 11. The van der Waals surface area contributed by atoms with Crippen molar-refractivity contribution in [2.75, 3.05) is 6.61 Å². The van der Waals surface area contributed by atoms with Crippen molar-refractivity contribution in [1.82, 2.24) is 0 Å². The summed E-state index contributed by atoms with van der Waals surface area (Å²) in [5.41, 5.74) is 0.888. The zero-order chi connectivity index (χ0) is 20.2. The summed E-state index contributed by atoms with van der Waals surface area (Å²) in [6.07, 6.45) is 2.95. The molecule has 1 unspecified atom stereocenters. The van der Waals surface area contributed by atoms with E-state index in [1.807, 2.05) is 30.3 Å². The van der Waals surface area contributed by atoms with Crippen LogP contribution in [0.3, 0.4) is 0 Å². The minimum Gasteiger partial charge on any atom is -0.494 e. The minimum atomic E-state index is -0.631. The number of ether oxygens (including phenoxy) is 2. The third-order valence-electron chi connectivity index (χ3n) is 4.00. The van der Waals surface area contributed by atoms with Crippen LogP contribution in [0.5, 0.6) is 5.75 Å². The average molecular weight is 386 g/mol. The first-order valence-corrected chi connectivity index (χ1v) is 8.85. The van der Waals surface area contributed by atoms with E-state index in [1.54, 1.807) is 12.1 Å². The molecule has 0 heterocycles. The van der Waals surface area contributed by atoms with Gasteiger partial charge in [0.15, 0.2) is 0 Å². The molecule has 2 aromatic rings. The number of oxime groups is 1. The first-order chi connectivity index (χ1) is 13.6. The maximum absolute atomic E-state index is 12.2. The molecule has 0 spiro atoms. The molecule has 8 nitrogen and oxygen atoms in total. The SMILES string of the molecule is O=C(OCc1ccccc1)C(/C=N\O)CCCCOc1ccc([N+](=O)[O-])cc1. The van der Waals surface area contributed by atoms with Crippen LogP contribution in [0.15, 0.2) is 59.8 Å². The molecule has 2 aromatic carbocycles. The number of hydrogen-bond donors (Lipinski definition) is 1. The number of nitrogens with zero attached hydrogens (tertiary/aromatic N) is 2. The number of carbonyl (C=O) groups excluding carboxylic acids is 1. The molecule has 8 heteroatoms. The molecule has 2 rings (SSSR count). The van der Waals surface area contributed by atoms with E-state index in [1.165, 1.54) is 18.3 Å². The molecular formula is C20H22N2O6. The Labute approximate surface area is 162 Å². The summed E-state index contributed by atoms with van der Waals surface area (Å²) in [5, 5.41) is 22.4. The summed E-state index contributed by atoms with van der Waals surface area (Å²) in [6.45, 7) is 0.568. The quantitative estimate of drug-likeness (QED) is 0.156. The van der Waals surface area contributed by atoms with Gasteiger partial charge in [-0.1, -0.05) is 30.3 Å². The van der Waals surface area contributed by atoms with Crippen LogP contribution in [0.4, 0.5) is 5.69 Å². The van der Waals surface area contributed by atoms with Crippen molar-refractivity contribution in [2.24, 2.45) is 11.1 Å². The van der Waals surface area contributed by atoms with Crippen LogP contribution < -0.4 is 4.74 Å². The molecule has 0 radical (unpaired) electrons. The molecule has 0 aromatic heterocycles. The van der Waals surface area contributed by atoms with Gasteiger partial charge in [0.05, 0.1) is 23.7 Å². The minimum absolute atomic E-state index is 0.00694. The van der Waals surface area contributed by atoms with Crippen molar-refractivity contribution in [3.05, 3.63) is 70.3 Å². The molecule has 148 valence electrons. The second-order valence-corrected chi connectivity index (χ2v) is 6.06. The monoisotopic (exact) mass is 386 g/mol. The summed E-state index contributed by atoms with van der Waals surface area (Å²) in [5.74, 6) is -0.535. The Morgan fingerprint density at radius 3 is 2.50 bits per heavy atom. The molecule has 0 saturated heterocycles. The van der Waals surface area contributed by atoms with Crippen LogP contribution in [0.1, 0.15) is 24.8 Å². The van der Waals surface area contributed by atoms with Gasteiger partial charge >= 0.3 is 5.97 Å². The van der Waals surface area contributed by atoms with Crippen molar-refractivity contribution >= 4 is 17.9 Å². The molecule has 1 N–H and O–H groups in total. The van der Waals surface area contributed by atoms with Crippen molar-refractivity contribution in [2.45, 2.75) is 25.9 Å². The lowest BCUT2D eigenvalue weighted by atomic mass is 10.0. The number of hydrogen-bond acceptors (Lipinski definition) is 7. The Balaban J connectivity index is 1.70. The maximum atomic E-state index is 12.2. The van der Waals surface area contributed by atoms with Gasteiger partial charge in [0, 0.05) is 12.1 Å². The van der Waals surface area contributed by atoms with Crippen LogP contribution in [0.2, 0.25) is 0 Å². The van der Waals surface area contributed by atoms with E-state index >= 15 is 0 Å². The lowest BCUT2D eigenvalue weighted by molar-refractivity contribution is -0.384. The van der Waals surface area contributed by atoms with Crippen LogP contribution in [0, 0.1) is 16.0 Å². The molecule has 0 aliphatic carbocycles. The molecule has 0 aliphatic rings. The van der Waals surface area contributed by atoms with Gasteiger partial charge in [0.25, 0.3) is 5.69 Å². The maximum Gasteiger partial charge on any atom is 0.314 e. The molecule has 0 saturated carbocycles. The van der Waals surface area contributed by atoms with Gasteiger partial charge in [0.1, 0.15) is 12.4 Å². The molecule has 0 fully saturated rings. The normalized spacial score (nSPS) is 11.9. The van der Waals surface area contributed by atoms with Gasteiger partial charge in [-0.05, 0) is 37.0 Å². The van der Waals surface area contributed by atoms with Gasteiger partial charge in [0.2, 0.25) is 0 Å². The fraction of sp³-hybridized carbons (Fsp3) is 0.300. The summed E-state index contributed by atoms with van der Waals surface area (Å²) >= 11 is 0. The largest absolute Gasteiger partial charge is 0.494 e. The van der Waals surface area contributed by atoms with E-state index in [2.05, 4.69) is 5.16 Å². The Morgan fingerprint density at radius 2 is 1.86 bits per heavy atom. The summed E-state index contributed by atoms with van der Waals surface area (Å²) < 4.78 is 10.8. The number of unbranched alkanes of at least 4 members (excludes halogenated alkanes) is 1. The number of esters is 1. The third-order valence-corrected chi connectivity index (χ3v) is 4.00. The Kier molecular flexibility index (Phi) is 8.45. The predicted molar refractivity (Wildman–Crippen MR) is 102 cm³/mol. The second kappa shape index (κ2) is 11.3. The van der Waals surface area contributed by atoms with Crippen LogP contribution in [-0.2, 0) is 16.1 Å². The number of nitro benzene ring substituents is 1. The van der Waals surface area contributed by atoms with Crippen LogP contribution in [0.25, 0.3) is 0 Å². The lowest BCUT2D eigenvalue weighted by Crippen LogP contribution is -2.19. The first kappa shape index (κ1) is 20.9. The average Bonchev–Trinajstić information content (AvgIpc) is 2.72. The van der Waals surface area contributed by atoms with E-state index in [0.717, 1.165) is 5.56 Å². The fourth-order valence-corrected chi connectivity index (χ4v) is 2.49. The third kappa shape index (κ3) is 7.06. The van der Waals surface area contributed by atoms with E-state index in [4.69, 9.17) is 14.7 Å². The van der Waals surface area contributed by atoms with Crippen molar-refractivity contribution < 1.29 is 24.4 Å². The Hall–Kier alpha value is -3.42. The van der Waals surface area contributed by atoms with Crippen LogP contribution >= 0.6 is 0 Å². The van der Waals surface area contributed by atoms with Gasteiger partial charge in [-0.2, -0.15) is 0 Å². The van der Waals surface area contributed by atoms with E-state index in [0.29, 0.717) is 31.6 Å². The summed E-state index contributed by atoms with van der Waals surface area (Å²) in [7, 11) is 0. The standard InChI is InChI=1S/C20H22N2O6/c23-20(28-15-16-6-2-1-3-7-16)17(14-21-24)8-4-5-13-27-19-11-9-18(10-12-19)22(25)26/h1-3,6-7,9-12,14,17,24H,4-5,8,13,15H2/b21-14-. The number of carbonyl (C=O) groups is 1. The number of benzene rings is 2. The molecule has 28 heavy (non-hydrogen) atoms. The van der Waals surface area contributed by atoms with Gasteiger partial charge in [-0.25, -0.2) is 0 Å². The zero-order valence-electron chi connectivity index (χ0n) is 15.3. The van der Waals surface area contributed by atoms with E-state index < -0.39 is 16.8 Å². The molecular weight excluding hydrogens is 364 g/mol. The van der Waals surface area contributed by atoms with Gasteiger partial charge < -0.3 is 14.7 Å². The zero-order valence-corrected chi connectivity index (χ0v) is 15.3. The van der Waals surface area contributed by atoms with Crippen molar-refractivity contribution in [3.8, 4) is 5.75 Å². The molecule has 0 bridgehead atoms. The molecule has 1 atom stereocenters. The summed E-state index contributed by atoms with van der Waals surface area (Å²) in [4.78, 5) is 22.3. The lowest BCUT2D eigenvalue weighted by Gasteiger charge is -2.12. The molecule has 0 aliphatic heterocycles.